The van der Waals surface area contributed by atoms with Crippen molar-refractivity contribution in [1.82, 2.24) is 14.9 Å². The third kappa shape index (κ3) is 5.88. The largest absolute Gasteiger partial charge is 0.490 e. The molecule has 0 fully saturated rings. The van der Waals surface area contributed by atoms with Gasteiger partial charge in [0.05, 0.1) is 11.6 Å². The molecule has 28 heavy (non-hydrogen) atoms. The van der Waals surface area contributed by atoms with Gasteiger partial charge in [0.25, 0.3) is 5.91 Å². The highest BCUT2D eigenvalue weighted by Crippen LogP contribution is 2.22. The van der Waals surface area contributed by atoms with Crippen LogP contribution in [0.1, 0.15) is 10.5 Å². The topological polar surface area (TPSA) is 88.2 Å². The Balaban J connectivity index is 1.40. The molecule has 3 aromatic rings. The van der Waals surface area contributed by atoms with Crippen LogP contribution in [0.5, 0.6) is 5.75 Å². The van der Waals surface area contributed by atoms with E-state index in [-0.39, 0.29) is 11.6 Å². The van der Waals surface area contributed by atoms with Crippen LogP contribution in [0.2, 0.25) is 5.02 Å². The number of amides is 1. The number of rotatable bonds is 7. The number of para-hydroxylation sites is 1. The van der Waals surface area contributed by atoms with Crippen LogP contribution in [0.3, 0.4) is 0 Å². The predicted octanol–water partition coefficient (Wildman–Crippen LogP) is 3.81. The van der Waals surface area contributed by atoms with E-state index in [1.54, 1.807) is 23.6 Å². The molecular formula is C18H16ClN5O2S2. The molecule has 144 valence electrons. The van der Waals surface area contributed by atoms with Gasteiger partial charge in [0, 0.05) is 16.8 Å². The van der Waals surface area contributed by atoms with Gasteiger partial charge in [-0.15, -0.1) is 5.10 Å². The van der Waals surface area contributed by atoms with E-state index in [2.05, 4.69) is 25.5 Å². The summed E-state index contributed by atoms with van der Waals surface area (Å²) >= 11 is 12.4. The maximum Gasteiger partial charge on any atom is 0.277 e. The fourth-order valence-electron chi connectivity index (χ4n) is 2.16. The van der Waals surface area contributed by atoms with Gasteiger partial charge < -0.3 is 20.7 Å². The normalized spacial score (nSPS) is 10.2. The molecule has 0 unspecified atom stereocenters. The third-order valence-corrected chi connectivity index (χ3v) is 4.54. The minimum absolute atomic E-state index is 0.289. The van der Waals surface area contributed by atoms with Gasteiger partial charge in [-0.1, -0.05) is 28.2 Å². The van der Waals surface area contributed by atoms with Crippen LogP contribution in [0.15, 0.2) is 53.9 Å². The number of halogens is 1. The Morgan fingerprint density at radius 3 is 2.50 bits per heavy atom. The zero-order chi connectivity index (χ0) is 19.8. The number of ether oxygens (including phenoxy) is 1. The minimum Gasteiger partial charge on any atom is -0.490 e. The highest BCUT2D eigenvalue weighted by Gasteiger charge is 2.09. The molecule has 0 saturated heterocycles. The third-order valence-electron chi connectivity index (χ3n) is 3.48. The Bertz CT molecular complexity index is 935. The molecule has 2 aromatic carbocycles. The van der Waals surface area contributed by atoms with Crippen molar-refractivity contribution in [3.8, 4) is 5.75 Å². The summed E-state index contributed by atoms with van der Waals surface area (Å²) in [6.45, 7) is 0.939. The zero-order valence-electron chi connectivity index (χ0n) is 14.5. The second-order valence-electron chi connectivity index (χ2n) is 5.48. The van der Waals surface area contributed by atoms with Gasteiger partial charge in [-0.25, -0.2) is 0 Å². The molecule has 0 atom stereocenters. The Kier molecular flexibility index (Phi) is 7.12. The Hall–Kier alpha value is -2.75. The lowest BCUT2D eigenvalue weighted by Crippen LogP contribution is -2.31. The lowest BCUT2D eigenvalue weighted by atomic mass is 10.2. The van der Waals surface area contributed by atoms with Crippen molar-refractivity contribution in [2.75, 3.05) is 23.8 Å². The van der Waals surface area contributed by atoms with E-state index in [0.717, 1.165) is 17.2 Å². The molecule has 3 rings (SSSR count). The first-order chi connectivity index (χ1) is 13.6. The van der Waals surface area contributed by atoms with Crippen LogP contribution >= 0.6 is 35.4 Å². The summed E-state index contributed by atoms with van der Waals surface area (Å²) in [5.41, 5.74) is 1.73. The highest BCUT2D eigenvalue weighted by molar-refractivity contribution is 7.80. The summed E-state index contributed by atoms with van der Waals surface area (Å²) < 4.78 is 9.26. The summed E-state index contributed by atoms with van der Waals surface area (Å²) in [6, 6.07) is 14.4. The molecule has 3 N–H and O–H groups in total. The molecule has 0 bridgehead atoms. The molecule has 0 aliphatic rings. The molecule has 0 aliphatic carbocycles. The number of hydrogen-bond donors (Lipinski definition) is 3. The van der Waals surface area contributed by atoms with Crippen LogP contribution in [0.25, 0.3) is 0 Å². The van der Waals surface area contributed by atoms with E-state index in [1.165, 1.54) is 0 Å². The molecule has 0 radical (unpaired) electrons. The van der Waals surface area contributed by atoms with Gasteiger partial charge in [0.15, 0.2) is 10.8 Å². The van der Waals surface area contributed by atoms with Crippen molar-refractivity contribution in [3.63, 3.8) is 0 Å². The minimum atomic E-state index is -0.301. The number of nitrogens with one attached hydrogen (secondary N) is 3. The number of aromatic nitrogens is 2. The quantitative estimate of drug-likeness (QED) is 0.385. The SMILES string of the molecule is O=C(Nc1ccc(NC(=S)NCCOc2ccccc2Cl)cc1)c1csnn1. The van der Waals surface area contributed by atoms with Crippen molar-refractivity contribution in [3.05, 3.63) is 64.6 Å². The molecule has 0 aliphatic heterocycles. The van der Waals surface area contributed by atoms with Gasteiger partial charge in [0.2, 0.25) is 0 Å². The number of carbonyl (C=O) groups excluding carboxylic acids is 1. The number of hydrogen-bond acceptors (Lipinski definition) is 6. The second-order valence-corrected chi connectivity index (χ2v) is 6.91. The van der Waals surface area contributed by atoms with Crippen molar-refractivity contribution in [1.29, 1.82) is 0 Å². The fraction of sp³-hybridized carbons (Fsp3) is 0.111. The van der Waals surface area contributed by atoms with E-state index in [1.807, 2.05) is 30.3 Å². The first-order valence-corrected chi connectivity index (χ1v) is 9.85. The highest BCUT2D eigenvalue weighted by atomic mass is 35.5. The number of thiocarbonyl (C=S) groups is 1. The lowest BCUT2D eigenvalue weighted by molar-refractivity contribution is 0.102. The predicted molar refractivity (Wildman–Crippen MR) is 115 cm³/mol. The molecular weight excluding hydrogens is 418 g/mol. The lowest BCUT2D eigenvalue weighted by Gasteiger charge is -2.12. The maximum atomic E-state index is 11.9. The van der Waals surface area contributed by atoms with E-state index < -0.39 is 0 Å². The molecule has 0 spiro atoms. The summed E-state index contributed by atoms with van der Waals surface area (Å²) in [5, 5.41) is 15.2. The number of anilines is 2. The van der Waals surface area contributed by atoms with Crippen molar-refractivity contribution < 1.29 is 9.53 Å². The summed E-state index contributed by atoms with van der Waals surface area (Å²) in [6.07, 6.45) is 0. The van der Waals surface area contributed by atoms with Crippen molar-refractivity contribution >= 4 is 57.7 Å². The van der Waals surface area contributed by atoms with E-state index >= 15 is 0 Å². The smallest absolute Gasteiger partial charge is 0.277 e. The Labute approximate surface area is 176 Å². The number of nitrogens with zero attached hydrogens (tertiary/aromatic N) is 2. The van der Waals surface area contributed by atoms with Crippen LogP contribution < -0.4 is 20.7 Å². The average molecular weight is 434 g/mol. The second kappa shape index (κ2) is 9.98. The zero-order valence-corrected chi connectivity index (χ0v) is 16.9. The van der Waals surface area contributed by atoms with Crippen molar-refractivity contribution in [2.24, 2.45) is 0 Å². The van der Waals surface area contributed by atoms with E-state index in [0.29, 0.717) is 34.7 Å². The standard InChI is InChI=1S/C18H16ClN5O2S2/c19-14-3-1-2-4-16(14)26-10-9-20-18(27)22-13-7-5-12(6-8-13)21-17(25)15-11-28-24-23-15/h1-8,11H,9-10H2,(H,21,25)(H2,20,22,27). The first-order valence-electron chi connectivity index (χ1n) is 8.22. The van der Waals surface area contributed by atoms with Crippen LogP contribution in [-0.2, 0) is 0 Å². The first kappa shape index (κ1) is 20.0. The Morgan fingerprint density at radius 2 is 1.82 bits per heavy atom. The van der Waals surface area contributed by atoms with Crippen molar-refractivity contribution in [2.45, 2.75) is 0 Å². The maximum absolute atomic E-state index is 11.9. The molecule has 1 aromatic heterocycles. The monoisotopic (exact) mass is 433 g/mol. The van der Waals surface area contributed by atoms with Gasteiger partial charge in [0.1, 0.15) is 12.4 Å². The molecule has 10 heteroatoms. The summed E-state index contributed by atoms with van der Waals surface area (Å²) in [4.78, 5) is 11.9. The van der Waals surface area contributed by atoms with Gasteiger partial charge in [-0.2, -0.15) is 0 Å². The Morgan fingerprint density at radius 1 is 1.11 bits per heavy atom. The van der Waals surface area contributed by atoms with Gasteiger partial charge in [-0.3, -0.25) is 4.79 Å². The van der Waals surface area contributed by atoms with Gasteiger partial charge >= 0.3 is 0 Å². The number of carbonyl (C=O) groups is 1. The molecule has 1 heterocycles. The summed E-state index contributed by atoms with van der Waals surface area (Å²) in [5.74, 6) is 0.334. The summed E-state index contributed by atoms with van der Waals surface area (Å²) in [7, 11) is 0. The van der Waals surface area contributed by atoms with Gasteiger partial charge in [-0.05, 0) is 60.1 Å². The average Bonchev–Trinajstić information content (AvgIpc) is 3.23. The van der Waals surface area contributed by atoms with Crippen LogP contribution in [0, 0.1) is 0 Å². The fourth-order valence-corrected chi connectivity index (χ4v) is 3.00. The number of benzene rings is 2. The van der Waals surface area contributed by atoms with Crippen LogP contribution in [-0.4, -0.2) is 33.8 Å². The molecule has 7 nitrogen and oxygen atoms in total. The molecule has 0 saturated carbocycles. The van der Waals surface area contributed by atoms with E-state index in [4.69, 9.17) is 28.6 Å². The van der Waals surface area contributed by atoms with E-state index in [9.17, 15) is 4.79 Å². The van der Waals surface area contributed by atoms with Crippen LogP contribution in [0.4, 0.5) is 11.4 Å². The molecule has 1 amide bonds.